The monoisotopic (exact) mass is 202 g/mol. The molecule has 1 aromatic carbocycles. The summed E-state index contributed by atoms with van der Waals surface area (Å²) in [5.74, 6) is 2.14. The minimum Gasteiger partial charge on any atom is -0.496 e. The molecule has 2 aliphatic rings. The average molecular weight is 202 g/mol. The maximum Gasteiger partial charge on any atom is 0.137 e. The van der Waals surface area contributed by atoms with Gasteiger partial charge in [-0.25, -0.2) is 0 Å². The molecule has 1 saturated carbocycles. The molecule has 0 spiro atoms. The van der Waals surface area contributed by atoms with Crippen molar-refractivity contribution in [2.75, 3.05) is 7.11 Å². The summed E-state index contributed by atoms with van der Waals surface area (Å²) < 4.78 is 5.39. The van der Waals surface area contributed by atoms with Crippen molar-refractivity contribution >= 4 is 5.78 Å². The van der Waals surface area contributed by atoms with E-state index in [1.807, 2.05) is 12.1 Å². The summed E-state index contributed by atoms with van der Waals surface area (Å²) in [6, 6.07) is 6.21. The highest BCUT2D eigenvalue weighted by Gasteiger charge is 2.44. The van der Waals surface area contributed by atoms with E-state index < -0.39 is 0 Å². The van der Waals surface area contributed by atoms with Crippen LogP contribution in [-0.2, 0) is 11.2 Å². The molecule has 1 aromatic rings. The van der Waals surface area contributed by atoms with Crippen LogP contribution in [0.3, 0.4) is 0 Å². The number of methoxy groups -OCH3 is 1. The molecular weight excluding hydrogens is 188 g/mol. The van der Waals surface area contributed by atoms with Crippen molar-refractivity contribution in [3.8, 4) is 5.75 Å². The van der Waals surface area contributed by atoms with Crippen molar-refractivity contribution < 1.29 is 9.53 Å². The summed E-state index contributed by atoms with van der Waals surface area (Å²) in [7, 11) is 1.71. The van der Waals surface area contributed by atoms with Crippen LogP contribution in [-0.4, -0.2) is 12.9 Å². The second-order valence-electron chi connectivity index (χ2n) is 4.46. The van der Waals surface area contributed by atoms with Crippen molar-refractivity contribution in [3.05, 3.63) is 29.3 Å². The molecule has 0 radical (unpaired) electrons. The van der Waals surface area contributed by atoms with Crippen molar-refractivity contribution in [2.24, 2.45) is 5.92 Å². The number of hydrogen-bond donors (Lipinski definition) is 0. The van der Waals surface area contributed by atoms with Crippen LogP contribution in [0.1, 0.15) is 29.9 Å². The van der Waals surface area contributed by atoms with Crippen LogP contribution in [0, 0.1) is 5.92 Å². The fourth-order valence-electron chi connectivity index (χ4n) is 2.96. The maximum atomic E-state index is 11.4. The van der Waals surface area contributed by atoms with Gasteiger partial charge in [0.2, 0.25) is 0 Å². The Balaban J connectivity index is 2.09. The molecule has 0 bridgehead atoms. The Kier molecular flexibility index (Phi) is 1.84. The van der Waals surface area contributed by atoms with E-state index in [1.165, 1.54) is 11.1 Å². The van der Waals surface area contributed by atoms with Gasteiger partial charge >= 0.3 is 0 Å². The van der Waals surface area contributed by atoms with Gasteiger partial charge in [-0.3, -0.25) is 4.79 Å². The summed E-state index contributed by atoms with van der Waals surface area (Å²) >= 11 is 0. The van der Waals surface area contributed by atoms with Gasteiger partial charge in [-0.05, 0) is 24.5 Å². The number of rotatable bonds is 1. The standard InChI is InChI=1S/C13H14O2/c1-15-12-4-2-3-8-5-6-9-10(13(8)12)7-11(9)14/h2-4,9-10H,5-7H2,1H3. The van der Waals surface area contributed by atoms with E-state index in [0.29, 0.717) is 11.7 Å². The second kappa shape index (κ2) is 3.09. The summed E-state index contributed by atoms with van der Waals surface area (Å²) in [5.41, 5.74) is 2.68. The SMILES string of the molecule is COc1cccc2c1C1CC(=O)C1CC2. The first kappa shape index (κ1) is 8.96. The molecule has 0 amide bonds. The van der Waals surface area contributed by atoms with E-state index in [-0.39, 0.29) is 5.92 Å². The summed E-state index contributed by atoms with van der Waals surface area (Å²) in [6.07, 6.45) is 2.78. The molecule has 0 N–H and O–H groups in total. The van der Waals surface area contributed by atoms with Crippen LogP contribution < -0.4 is 4.74 Å². The van der Waals surface area contributed by atoms with Crippen LogP contribution in [0.15, 0.2) is 18.2 Å². The minimum absolute atomic E-state index is 0.286. The van der Waals surface area contributed by atoms with Gasteiger partial charge in [0.25, 0.3) is 0 Å². The lowest BCUT2D eigenvalue weighted by atomic mass is 9.62. The van der Waals surface area contributed by atoms with Crippen LogP contribution in [0.4, 0.5) is 0 Å². The third-order valence-corrected chi connectivity index (χ3v) is 3.79. The molecule has 2 unspecified atom stereocenters. The third-order valence-electron chi connectivity index (χ3n) is 3.79. The highest BCUT2D eigenvalue weighted by molar-refractivity contribution is 5.90. The minimum atomic E-state index is 0.286. The number of carbonyl (C=O) groups is 1. The lowest BCUT2D eigenvalue weighted by molar-refractivity contribution is -0.131. The van der Waals surface area contributed by atoms with E-state index in [0.717, 1.165) is 25.0 Å². The van der Waals surface area contributed by atoms with E-state index >= 15 is 0 Å². The Bertz CT molecular complexity index is 408. The molecule has 1 fully saturated rings. The number of Topliss-reactive ketones (excluding diaryl/α,β-unsaturated/α-hetero) is 1. The van der Waals surface area contributed by atoms with Crippen LogP contribution in [0.25, 0.3) is 0 Å². The number of ketones is 1. The van der Waals surface area contributed by atoms with Crippen molar-refractivity contribution in [2.45, 2.75) is 25.2 Å². The van der Waals surface area contributed by atoms with Gasteiger partial charge < -0.3 is 4.74 Å². The van der Waals surface area contributed by atoms with Gasteiger partial charge in [-0.15, -0.1) is 0 Å². The highest BCUT2D eigenvalue weighted by Crippen LogP contribution is 2.50. The number of aryl methyl sites for hydroxylation is 1. The van der Waals surface area contributed by atoms with Gasteiger partial charge in [-0.2, -0.15) is 0 Å². The molecule has 2 nitrogen and oxygen atoms in total. The second-order valence-corrected chi connectivity index (χ2v) is 4.46. The van der Waals surface area contributed by atoms with E-state index in [9.17, 15) is 4.79 Å². The first-order valence-electron chi connectivity index (χ1n) is 5.49. The zero-order valence-corrected chi connectivity index (χ0v) is 8.82. The van der Waals surface area contributed by atoms with Crippen LogP contribution >= 0.6 is 0 Å². The number of benzene rings is 1. The summed E-state index contributed by atoms with van der Waals surface area (Å²) in [4.78, 5) is 11.4. The first-order valence-corrected chi connectivity index (χ1v) is 5.49. The quantitative estimate of drug-likeness (QED) is 0.698. The predicted molar refractivity (Wildman–Crippen MR) is 57.2 cm³/mol. The van der Waals surface area contributed by atoms with Gasteiger partial charge in [0, 0.05) is 23.8 Å². The number of carbonyl (C=O) groups excluding carboxylic acids is 1. The normalized spacial score (nSPS) is 27.7. The van der Waals surface area contributed by atoms with Gasteiger partial charge in [0.1, 0.15) is 11.5 Å². The third kappa shape index (κ3) is 1.14. The number of ether oxygens (including phenoxy) is 1. The molecular formula is C13H14O2. The first-order chi connectivity index (χ1) is 7.31. The highest BCUT2D eigenvalue weighted by atomic mass is 16.5. The van der Waals surface area contributed by atoms with Gasteiger partial charge in [-0.1, -0.05) is 12.1 Å². The maximum absolute atomic E-state index is 11.4. The lowest BCUT2D eigenvalue weighted by Crippen LogP contribution is -2.38. The smallest absolute Gasteiger partial charge is 0.137 e. The molecule has 2 aliphatic carbocycles. The van der Waals surface area contributed by atoms with Gasteiger partial charge in [0.15, 0.2) is 0 Å². The fraction of sp³-hybridized carbons (Fsp3) is 0.462. The molecule has 0 aliphatic heterocycles. The van der Waals surface area contributed by atoms with Crippen molar-refractivity contribution in [1.29, 1.82) is 0 Å². The Morgan fingerprint density at radius 2 is 2.20 bits per heavy atom. The molecule has 3 rings (SSSR count). The van der Waals surface area contributed by atoms with E-state index in [1.54, 1.807) is 7.11 Å². The molecule has 0 aromatic heterocycles. The zero-order chi connectivity index (χ0) is 10.4. The Morgan fingerprint density at radius 1 is 1.33 bits per heavy atom. The molecule has 78 valence electrons. The van der Waals surface area contributed by atoms with Crippen LogP contribution in [0.2, 0.25) is 0 Å². The van der Waals surface area contributed by atoms with Crippen molar-refractivity contribution in [3.63, 3.8) is 0 Å². The number of fused-ring (bicyclic) bond motifs is 3. The Morgan fingerprint density at radius 3 is 2.93 bits per heavy atom. The lowest BCUT2D eigenvalue weighted by Gasteiger charge is -2.40. The predicted octanol–water partition coefficient (Wildman–Crippen LogP) is 2.31. The zero-order valence-electron chi connectivity index (χ0n) is 8.82. The van der Waals surface area contributed by atoms with Gasteiger partial charge in [0.05, 0.1) is 7.11 Å². The van der Waals surface area contributed by atoms with Crippen molar-refractivity contribution in [1.82, 2.24) is 0 Å². The summed E-state index contributed by atoms with van der Waals surface area (Å²) in [5, 5.41) is 0. The average Bonchev–Trinajstić information content (AvgIpc) is 2.26. The molecule has 0 saturated heterocycles. The fourth-order valence-corrected chi connectivity index (χ4v) is 2.96. The largest absolute Gasteiger partial charge is 0.496 e. The van der Waals surface area contributed by atoms with E-state index in [2.05, 4.69) is 6.07 Å². The molecule has 0 heterocycles. The van der Waals surface area contributed by atoms with Crippen LogP contribution in [0.5, 0.6) is 5.75 Å². The molecule has 2 atom stereocenters. The van der Waals surface area contributed by atoms with E-state index in [4.69, 9.17) is 4.74 Å². The number of hydrogen-bond acceptors (Lipinski definition) is 2. The molecule has 15 heavy (non-hydrogen) atoms. The topological polar surface area (TPSA) is 26.3 Å². The Labute approximate surface area is 89.2 Å². The Hall–Kier alpha value is -1.31. The molecule has 2 heteroatoms. The summed E-state index contributed by atoms with van der Waals surface area (Å²) in [6.45, 7) is 0.